The van der Waals surface area contributed by atoms with Crippen LogP contribution >= 0.6 is 0 Å². The number of oxime groups is 1. The third kappa shape index (κ3) is 4.22. The van der Waals surface area contributed by atoms with Gasteiger partial charge in [-0.05, 0) is 43.5 Å². The standard InChI is InChI=1S/C21H24N4O4S/c1-16-5-7-18(8-6-16)30(27,28)25-11-3-9-21(15-25)12-19(24-29-21)20(26)23-14-17-4-2-10-22-13-17/h2,4-8,10,13H,3,9,11-12,14-15H2,1H3,(H,23,26)/t21-/m0/s1. The maximum Gasteiger partial charge on any atom is 0.269 e. The first-order valence-corrected chi connectivity index (χ1v) is 11.3. The number of hydrogen-bond acceptors (Lipinski definition) is 6. The summed E-state index contributed by atoms with van der Waals surface area (Å²) in [4.78, 5) is 22.4. The number of sulfonamides is 1. The van der Waals surface area contributed by atoms with Crippen LogP contribution in [0.5, 0.6) is 0 Å². The Morgan fingerprint density at radius 1 is 1.27 bits per heavy atom. The molecular formula is C21H24N4O4S. The molecule has 1 atom stereocenters. The average Bonchev–Trinajstić information content (AvgIpc) is 3.16. The highest BCUT2D eigenvalue weighted by molar-refractivity contribution is 7.89. The van der Waals surface area contributed by atoms with E-state index in [0.717, 1.165) is 11.1 Å². The molecule has 0 aliphatic carbocycles. The minimum Gasteiger partial charge on any atom is -0.387 e. The van der Waals surface area contributed by atoms with Crippen LogP contribution in [0.2, 0.25) is 0 Å². The summed E-state index contributed by atoms with van der Waals surface area (Å²) in [6.07, 6.45) is 4.93. The van der Waals surface area contributed by atoms with Crippen LogP contribution in [0.25, 0.3) is 0 Å². The van der Waals surface area contributed by atoms with Gasteiger partial charge in [0.25, 0.3) is 5.91 Å². The zero-order valence-electron chi connectivity index (χ0n) is 16.7. The Balaban J connectivity index is 1.41. The second-order valence-electron chi connectivity index (χ2n) is 7.79. The molecule has 4 rings (SSSR count). The van der Waals surface area contributed by atoms with E-state index < -0.39 is 15.6 Å². The van der Waals surface area contributed by atoms with E-state index in [0.29, 0.717) is 25.9 Å². The summed E-state index contributed by atoms with van der Waals surface area (Å²) in [5.74, 6) is -0.311. The topological polar surface area (TPSA) is 101 Å². The number of aromatic nitrogens is 1. The number of hydrogen-bond donors (Lipinski definition) is 1. The van der Waals surface area contributed by atoms with E-state index in [-0.39, 0.29) is 29.5 Å². The molecule has 1 amide bonds. The SMILES string of the molecule is Cc1ccc(S(=O)(=O)N2CCC[C@]3(CC(C(=O)NCc4cccnc4)=NO3)C2)cc1. The third-order valence-corrected chi connectivity index (χ3v) is 7.30. The van der Waals surface area contributed by atoms with Gasteiger partial charge in [0.15, 0.2) is 5.60 Å². The lowest BCUT2D eigenvalue weighted by Crippen LogP contribution is -2.50. The van der Waals surface area contributed by atoms with Crippen LogP contribution in [-0.4, -0.2) is 48.0 Å². The number of nitrogens with one attached hydrogen (secondary N) is 1. The summed E-state index contributed by atoms with van der Waals surface area (Å²) in [5, 5.41) is 6.81. The molecule has 1 aromatic heterocycles. The van der Waals surface area contributed by atoms with E-state index >= 15 is 0 Å². The van der Waals surface area contributed by atoms with Gasteiger partial charge in [-0.3, -0.25) is 9.78 Å². The van der Waals surface area contributed by atoms with Crippen molar-refractivity contribution in [2.24, 2.45) is 5.16 Å². The first kappa shape index (κ1) is 20.5. The fraction of sp³-hybridized carbons (Fsp3) is 0.381. The Morgan fingerprint density at radius 3 is 2.80 bits per heavy atom. The maximum atomic E-state index is 13.1. The fourth-order valence-electron chi connectivity index (χ4n) is 3.77. The van der Waals surface area contributed by atoms with Gasteiger partial charge in [0, 0.05) is 31.9 Å². The summed E-state index contributed by atoms with van der Waals surface area (Å²) >= 11 is 0. The van der Waals surface area contributed by atoms with Gasteiger partial charge in [-0.1, -0.05) is 28.9 Å². The van der Waals surface area contributed by atoms with E-state index in [2.05, 4.69) is 15.5 Å². The summed E-state index contributed by atoms with van der Waals surface area (Å²) in [5.41, 5.74) is 1.37. The number of aryl methyl sites for hydroxylation is 1. The molecule has 0 bridgehead atoms. The fourth-order valence-corrected chi connectivity index (χ4v) is 5.32. The molecule has 1 saturated heterocycles. The summed E-state index contributed by atoms with van der Waals surface area (Å²) < 4.78 is 27.6. The number of pyridine rings is 1. The van der Waals surface area contributed by atoms with Crippen LogP contribution < -0.4 is 5.32 Å². The van der Waals surface area contributed by atoms with Gasteiger partial charge in [-0.25, -0.2) is 8.42 Å². The van der Waals surface area contributed by atoms with E-state index in [4.69, 9.17) is 4.84 Å². The highest BCUT2D eigenvalue weighted by atomic mass is 32.2. The molecule has 2 aliphatic rings. The first-order chi connectivity index (χ1) is 14.4. The molecule has 1 spiro atoms. The molecule has 1 N–H and O–H groups in total. The van der Waals surface area contributed by atoms with Crippen molar-refractivity contribution >= 4 is 21.6 Å². The Kier molecular flexibility index (Phi) is 5.57. The van der Waals surface area contributed by atoms with Gasteiger partial charge in [-0.15, -0.1) is 0 Å². The van der Waals surface area contributed by atoms with Crippen molar-refractivity contribution < 1.29 is 18.0 Å². The second-order valence-corrected chi connectivity index (χ2v) is 9.73. The van der Waals surface area contributed by atoms with Crippen molar-refractivity contribution in [2.45, 2.75) is 43.2 Å². The maximum absolute atomic E-state index is 13.1. The average molecular weight is 429 g/mol. The van der Waals surface area contributed by atoms with Crippen molar-refractivity contribution in [3.05, 3.63) is 59.9 Å². The molecule has 1 aromatic carbocycles. The Bertz CT molecular complexity index is 1050. The van der Waals surface area contributed by atoms with Gasteiger partial charge in [0.1, 0.15) is 5.71 Å². The van der Waals surface area contributed by atoms with Crippen LogP contribution in [0, 0.1) is 6.92 Å². The van der Waals surface area contributed by atoms with Gasteiger partial charge in [0.05, 0.1) is 11.4 Å². The van der Waals surface area contributed by atoms with Gasteiger partial charge in [-0.2, -0.15) is 4.31 Å². The molecule has 2 aromatic rings. The normalized spacial score (nSPS) is 21.8. The highest BCUT2D eigenvalue weighted by Crippen LogP contribution is 2.35. The molecule has 158 valence electrons. The molecule has 0 radical (unpaired) electrons. The Hall–Kier alpha value is -2.78. The first-order valence-electron chi connectivity index (χ1n) is 9.87. The van der Waals surface area contributed by atoms with Gasteiger partial charge >= 0.3 is 0 Å². The zero-order valence-corrected chi connectivity index (χ0v) is 17.6. The smallest absolute Gasteiger partial charge is 0.269 e. The molecule has 3 heterocycles. The van der Waals surface area contributed by atoms with Crippen molar-refractivity contribution in [1.82, 2.24) is 14.6 Å². The minimum atomic E-state index is -3.63. The van der Waals surface area contributed by atoms with Crippen LogP contribution in [-0.2, 0) is 26.2 Å². The largest absolute Gasteiger partial charge is 0.387 e. The molecule has 8 nitrogen and oxygen atoms in total. The van der Waals surface area contributed by atoms with Gasteiger partial charge < -0.3 is 10.2 Å². The van der Waals surface area contributed by atoms with Crippen molar-refractivity contribution in [2.75, 3.05) is 13.1 Å². The van der Waals surface area contributed by atoms with E-state index in [1.807, 2.05) is 13.0 Å². The highest BCUT2D eigenvalue weighted by Gasteiger charge is 2.47. The van der Waals surface area contributed by atoms with Crippen LogP contribution in [0.15, 0.2) is 58.8 Å². The zero-order chi connectivity index (χ0) is 21.2. The van der Waals surface area contributed by atoms with Crippen molar-refractivity contribution in [3.8, 4) is 0 Å². The van der Waals surface area contributed by atoms with Crippen molar-refractivity contribution in [3.63, 3.8) is 0 Å². The summed E-state index contributed by atoms with van der Waals surface area (Å²) in [7, 11) is -3.63. The predicted octanol–water partition coefficient (Wildman–Crippen LogP) is 2.01. The molecule has 30 heavy (non-hydrogen) atoms. The van der Waals surface area contributed by atoms with E-state index in [1.54, 1.807) is 42.7 Å². The quantitative estimate of drug-likeness (QED) is 0.785. The number of piperidine rings is 1. The Labute approximate surface area is 176 Å². The molecule has 0 unspecified atom stereocenters. The monoisotopic (exact) mass is 428 g/mol. The molecule has 9 heteroatoms. The predicted molar refractivity (Wildman–Crippen MR) is 111 cm³/mol. The third-order valence-electron chi connectivity index (χ3n) is 5.44. The lowest BCUT2D eigenvalue weighted by Gasteiger charge is -2.37. The van der Waals surface area contributed by atoms with Crippen molar-refractivity contribution in [1.29, 1.82) is 0 Å². The summed E-state index contributed by atoms with van der Waals surface area (Å²) in [6, 6.07) is 10.5. The van der Waals surface area contributed by atoms with E-state index in [1.165, 1.54) is 4.31 Å². The number of nitrogens with zero attached hydrogens (tertiary/aromatic N) is 3. The van der Waals surface area contributed by atoms with Crippen LogP contribution in [0.1, 0.15) is 30.4 Å². The van der Waals surface area contributed by atoms with Crippen LogP contribution in [0.3, 0.4) is 0 Å². The Morgan fingerprint density at radius 2 is 2.07 bits per heavy atom. The number of carbonyl (C=O) groups excluding carboxylic acids is 1. The number of amides is 1. The lowest BCUT2D eigenvalue weighted by molar-refractivity contribution is -0.115. The molecule has 2 aliphatic heterocycles. The number of rotatable bonds is 5. The number of carbonyl (C=O) groups is 1. The summed E-state index contributed by atoms with van der Waals surface area (Å²) in [6.45, 7) is 2.85. The molecular weight excluding hydrogens is 404 g/mol. The lowest BCUT2D eigenvalue weighted by atomic mass is 9.89. The minimum absolute atomic E-state index is 0.173. The molecule has 1 fully saturated rings. The van der Waals surface area contributed by atoms with E-state index in [9.17, 15) is 13.2 Å². The molecule has 0 saturated carbocycles. The van der Waals surface area contributed by atoms with Crippen LogP contribution in [0.4, 0.5) is 0 Å². The van der Waals surface area contributed by atoms with Gasteiger partial charge in [0.2, 0.25) is 10.0 Å². The second kappa shape index (κ2) is 8.16. The number of benzene rings is 1.